The van der Waals surface area contributed by atoms with Gasteiger partial charge in [0.05, 0.1) is 0 Å². The second-order valence-corrected chi connectivity index (χ2v) is 3.92. The van der Waals surface area contributed by atoms with Crippen molar-refractivity contribution in [3.63, 3.8) is 0 Å². The van der Waals surface area contributed by atoms with Gasteiger partial charge in [0.1, 0.15) is 12.4 Å². The van der Waals surface area contributed by atoms with E-state index in [1.54, 1.807) is 36.7 Å². The van der Waals surface area contributed by atoms with Crippen LogP contribution in [0.15, 0.2) is 42.7 Å². The molecular formula is C14H13NO2. The van der Waals surface area contributed by atoms with Gasteiger partial charge in [0.25, 0.3) is 0 Å². The molecule has 3 nitrogen and oxygen atoms in total. The van der Waals surface area contributed by atoms with Crippen LogP contribution in [-0.4, -0.2) is 16.4 Å². The van der Waals surface area contributed by atoms with Gasteiger partial charge in [-0.2, -0.15) is 0 Å². The molecule has 1 heterocycles. The molecular weight excluding hydrogens is 214 g/mol. The Balaban J connectivity index is 2.33. The molecule has 0 radical (unpaired) electrons. The zero-order valence-electron chi connectivity index (χ0n) is 9.50. The fourth-order valence-corrected chi connectivity index (χ4v) is 1.70. The van der Waals surface area contributed by atoms with Crippen LogP contribution in [0, 0.1) is 6.92 Å². The van der Waals surface area contributed by atoms with Crippen LogP contribution in [0.4, 0.5) is 0 Å². The fourth-order valence-electron chi connectivity index (χ4n) is 1.70. The van der Waals surface area contributed by atoms with Gasteiger partial charge < -0.3 is 5.11 Å². The summed E-state index contributed by atoms with van der Waals surface area (Å²) in [4.78, 5) is 14.5. The van der Waals surface area contributed by atoms with Crippen LogP contribution in [0.2, 0.25) is 0 Å². The zero-order valence-corrected chi connectivity index (χ0v) is 9.50. The number of carbonyl (C=O) groups is 1. The molecule has 0 saturated heterocycles. The lowest BCUT2D eigenvalue weighted by Gasteiger charge is -2.13. The summed E-state index contributed by atoms with van der Waals surface area (Å²) in [6, 6.07) is 8.74. The van der Waals surface area contributed by atoms with Crippen molar-refractivity contribution in [1.82, 2.24) is 4.98 Å². The zero-order chi connectivity index (χ0) is 12.3. The van der Waals surface area contributed by atoms with E-state index in [4.69, 9.17) is 0 Å². The third kappa shape index (κ3) is 2.40. The Hall–Kier alpha value is -2.00. The average molecular weight is 227 g/mol. The van der Waals surface area contributed by atoms with E-state index in [1.165, 1.54) is 0 Å². The predicted molar refractivity (Wildman–Crippen MR) is 64.9 cm³/mol. The summed E-state index contributed by atoms with van der Waals surface area (Å²) in [7, 11) is 0. The number of hydrogen-bond donors (Lipinski definition) is 1. The molecule has 0 amide bonds. The smallest absolute Gasteiger partial charge is 0.150 e. The van der Waals surface area contributed by atoms with Crippen LogP contribution in [0.1, 0.15) is 33.2 Å². The summed E-state index contributed by atoms with van der Waals surface area (Å²) in [5.74, 6) is 0. The molecule has 0 fully saturated rings. The van der Waals surface area contributed by atoms with E-state index in [2.05, 4.69) is 4.98 Å². The highest BCUT2D eigenvalue weighted by molar-refractivity contribution is 5.74. The van der Waals surface area contributed by atoms with Crippen molar-refractivity contribution in [3.05, 3.63) is 65.0 Å². The molecule has 1 aromatic carbocycles. The molecule has 0 aliphatic carbocycles. The van der Waals surface area contributed by atoms with E-state index in [1.807, 2.05) is 13.0 Å². The van der Waals surface area contributed by atoms with Gasteiger partial charge in [-0.1, -0.05) is 24.3 Å². The first-order chi connectivity index (χ1) is 8.22. The van der Waals surface area contributed by atoms with Crippen molar-refractivity contribution in [2.45, 2.75) is 13.0 Å². The first-order valence-corrected chi connectivity index (χ1v) is 5.36. The molecule has 3 heteroatoms. The van der Waals surface area contributed by atoms with Gasteiger partial charge in [0, 0.05) is 23.5 Å². The number of benzene rings is 1. The minimum absolute atomic E-state index is 0.601. The number of aldehydes is 1. The summed E-state index contributed by atoms with van der Waals surface area (Å²) in [6.07, 6.45) is 3.43. The minimum Gasteiger partial charge on any atom is -0.384 e. The van der Waals surface area contributed by atoms with Gasteiger partial charge in [-0.05, 0) is 24.1 Å². The summed E-state index contributed by atoms with van der Waals surface area (Å²) in [5.41, 5.74) is 3.13. The second-order valence-electron chi connectivity index (χ2n) is 3.92. The Morgan fingerprint density at radius 1 is 1.24 bits per heavy atom. The highest BCUT2D eigenvalue weighted by Crippen LogP contribution is 2.23. The number of carbonyl (C=O) groups excluding carboxylic acids is 1. The molecule has 1 unspecified atom stereocenters. The third-order valence-corrected chi connectivity index (χ3v) is 2.76. The lowest BCUT2D eigenvalue weighted by Crippen LogP contribution is -2.02. The maximum atomic E-state index is 10.5. The van der Waals surface area contributed by atoms with Crippen LogP contribution in [0.25, 0.3) is 0 Å². The van der Waals surface area contributed by atoms with Gasteiger partial charge in [-0.3, -0.25) is 9.78 Å². The number of aliphatic hydroxyl groups is 1. The Kier molecular flexibility index (Phi) is 3.30. The van der Waals surface area contributed by atoms with Gasteiger partial charge in [-0.25, -0.2) is 0 Å². The highest BCUT2D eigenvalue weighted by Gasteiger charge is 2.12. The summed E-state index contributed by atoms with van der Waals surface area (Å²) < 4.78 is 0. The van der Waals surface area contributed by atoms with Crippen LogP contribution < -0.4 is 0 Å². The molecule has 0 saturated carbocycles. The topological polar surface area (TPSA) is 50.2 Å². The van der Waals surface area contributed by atoms with Crippen LogP contribution in [0.3, 0.4) is 0 Å². The Labute approximate surface area is 99.8 Å². The summed E-state index contributed by atoms with van der Waals surface area (Å²) >= 11 is 0. The molecule has 17 heavy (non-hydrogen) atoms. The monoisotopic (exact) mass is 227 g/mol. The first kappa shape index (κ1) is 11.5. The van der Waals surface area contributed by atoms with Crippen molar-refractivity contribution in [2.24, 2.45) is 0 Å². The number of pyridine rings is 1. The lowest BCUT2D eigenvalue weighted by atomic mass is 9.99. The number of aromatic nitrogens is 1. The van der Waals surface area contributed by atoms with E-state index >= 15 is 0 Å². The van der Waals surface area contributed by atoms with Crippen molar-refractivity contribution in [2.75, 3.05) is 0 Å². The maximum Gasteiger partial charge on any atom is 0.150 e. The number of aryl methyl sites for hydroxylation is 1. The first-order valence-electron chi connectivity index (χ1n) is 5.36. The maximum absolute atomic E-state index is 10.5. The van der Waals surface area contributed by atoms with E-state index < -0.39 is 6.10 Å². The van der Waals surface area contributed by atoms with Crippen molar-refractivity contribution in [3.8, 4) is 0 Å². The van der Waals surface area contributed by atoms with Crippen molar-refractivity contribution >= 4 is 6.29 Å². The van der Waals surface area contributed by atoms with Crippen molar-refractivity contribution in [1.29, 1.82) is 0 Å². The van der Waals surface area contributed by atoms with Gasteiger partial charge >= 0.3 is 0 Å². The molecule has 1 atom stereocenters. The van der Waals surface area contributed by atoms with Crippen LogP contribution in [0.5, 0.6) is 0 Å². The highest BCUT2D eigenvalue weighted by atomic mass is 16.3. The van der Waals surface area contributed by atoms with E-state index in [0.717, 1.165) is 23.0 Å². The van der Waals surface area contributed by atoms with E-state index in [0.29, 0.717) is 5.56 Å². The van der Waals surface area contributed by atoms with E-state index in [-0.39, 0.29) is 0 Å². The average Bonchev–Trinajstić information content (AvgIpc) is 2.39. The summed E-state index contributed by atoms with van der Waals surface area (Å²) in [6.45, 7) is 1.93. The SMILES string of the molecule is Cc1ccncc1C(O)c1ccc(C=O)cc1. The van der Waals surface area contributed by atoms with Gasteiger partial charge in [-0.15, -0.1) is 0 Å². The molecule has 0 aliphatic rings. The molecule has 1 aromatic heterocycles. The van der Waals surface area contributed by atoms with Gasteiger partial charge in [0.15, 0.2) is 0 Å². The van der Waals surface area contributed by atoms with Gasteiger partial charge in [0.2, 0.25) is 0 Å². The molecule has 2 rings (SSSR count). The Bertz CT molecular complexity index is 520. The second kappa shape index (κ2) is 4.89. The third-order valence-electron chi connectivity index (χ3n) is 2.76. The van der Waals surface area contributed by atoms with Crippen molar-refractivity contribution < 1.29 is 9.90 Å². The number of aliphatic hydroxyl groups excluding tert-OH is 1. The standard InChI is InChI=1S/C14H13NO2/c1-10-6-7-15-8-13(10)14(17)12-4-2-11(9-16)3-5-12/h2-9,14,17H,1H3. The predicted octanol–water partition coefficient (Wildman–Crippen LogP) is 2.28. The number of nitrogens with zero attached hydrogens (tertiary/aromatic N) is 1. The molecule has 1 N–H and O–H groups in total. The van der Waals surface area contributed by atoms with E-state index in [9.17, 15) is 9.90 Å². The lowest BCUT2D eigenvalue weighted by molar-refractivity contribution is 0.112. The molecule has 2 aromatic rings. The normalized spacial score (nSPS) is 12.1. The molecule has 86 valence electrons. The largest absolute Gasteiger partial charge is 0.384 e. The minimum atomic E-state index is -0.704. The number of rotatable bonds is 3. The fraction of sp³-hybridized carbons (Fsp3) is 0.143. The Morgan fingerprint density at radius 3 is 2.53 bits per heavy atom. The molecule has 0 spiro atoms. The summed E-state index contributed by atoms with van der Waals surface area (Å²) in [5, 5.41) is 10.2. The number of hydrogen-bond acceptors (Lipinski definition) is 3. The quantitative estimate of drug-likeness (QED) is 0.818. The van der Waals surface area contributed by atoms with Crippen LogP contribution in [-0.2, 0) is 0 Å². The Morgan fingerprint density at radius 2 is 1.94 bits per heavy atom. The molecule has 0 aliphatic heterocycles. The van der Waals surface area contributed by atoms with Crippen LogP contribution >= 0.6 is 0 Å². The molecule has 0 bridgehead atoms.